The second-order valence-corrected chi connectivity index (χ2v) is 13.6. The first kappa shape index (κ1) is 30.3. The number of fused-ring (bicyclic) bond motifs is 4. The number of furan rings is 1. The summed E-state index contributed by atoms with van der Waals surface area (Å²) in [6.07, 6.45) is 0. The van der Waals surface area contributed by atoms with E-state index >= 15 is 0 Å². The van der Waals surface area contributed by atoms with Gasteiger partial charge in [-0.05, 0) is 89.6 Å². The van der Waals surface area contributed by atoms with E-state index in [0.29, 0.717) is 5.89 Å². The monoisotopic (exact) mass is 693 g/mol. The van der Waals surface area contributed by atoms with Crippen LogP contribution in [0, 0.1) is 0 Å². The Morgan fingerprint density at radius 2 is 0.907 bits per heavy atom. The Balaban J connectivity index is 1.20. The third kappa shape index (κ3) is 4.83. The van der Waals surface area contributed by atoms with Crippen LogP contribution < -0.4 is 9.80 Å². The van der Waals surface area contributed by atoms with Gasteiger partial charge in [0.25, 0.3) is 0 Å². The fraction of sp³-hybridized carbons (Fsp3) is 0. The maximum absolute atomic E-state index is 6.90. The minimum atomic E-state index is 0.548. The Bertz CT molecular complexity index is 2990. The Labute approximate surface area is 310 Å². The number of aromatic nitrogens is 1. The topological polar surface area (TPSA) is 45.7 Å². The van der Waals surface area contributed by atoms with Gasteiger partial charge >= 0.3 is 0 Å². The van der Waals surface area contributed by atoms with Crippen LogP contribution in [0.15, 0.2) is 197 Å². The highest BCUT2D eigenvalue weighted by molar-refractivity contribution is 6.31. The molecule has 0 amide bonds. The van der Waals surface area contributed by atoms with Crippen molar-refractivity contribution < 1.29 is 8.83 Å². The molecule has 0 bridgehead atoms. The Kier molecular flexibility index (Phi) is 6.79. The number of rotatable bonds is 7. The van der Waals surface area contributed by atoms with E-state index in [1.807, 2.05) is 24.3 Å². The van der Waals surface area contributed by atoms with Crippen molar-refractivity contribution in [2.45, 2.75) is 0 Å². The van der Waals surface area contributed by atoms with Gasteiger partial charge in [0.15, 0.2) is 5.58 Å². The molecule has 0 radical (unpaired) electrons. The standard InChI is InChI=1S/C49H31N3O2/c1-4-16-35(17-5-1)51(36-18-6-2-7-19-36)39-29-34(49-50-47-41-22-12-24-43-45(41)46-42(48(47)54-49)23-13-25-44(46)53-43)30-40(31-39)52(37-20-8-3-9-21-37)38-27-26-32-14-10-11-15-33(32)28-38/h1-31H. The van der Waals surface area contributed by atoms with E-state index in [4.69, 9.17) is 13.8 Å². The zero-order valence-corrected chi connectivity index (χ0v) is 29.1. The predicted molar refractivity (Wildman–Crippen MR) is 222 cm³/mol. The molecule has 11 rings (SSSR count). The largest absolute Gasteiger partial charge is 0.456 e. The number of benzene rings is 9. The summed E-state index contributed by atoms with van der Waals surface area (Å²) in [5.74, 6) is 0.548. The first-order valence-corrected chi connectivity index (χ1v) is 18.1. The van der Waals surface area contributed by atoms with Crippen LogP contribution in [0.5, 0.6) is 0 Å². The Morgan fingerprint density at radius 1 is 0.370 bits per heavy atom. The molecule has 0 aliphatic heterocycles. The van der Waals surface area contributed by atoms with E-state index in [1.165, 1.54) is 10.8 Å². The van der Waals surface area contributed by atoms with Crippen LogP contribution in [0.3, 0.4) is 0 Å². The van der Waals surface area contributed by atoms with Gasteiger partial charge in [-0.3, -0.25) is 0 Å². The second kappa shape index (κ2) is 12.1. The molecule has 0 aliphatic carbocycles. The molecule has 11 aromatic rings. The van der Waals surface area contributed by atoms with E-state index in [1.54, 1.807) is 0 Å². The zero-order valence-electron chi connectivity index (χ0n) is 29.1. The van der Waals surface area contributed by atoms with E-state index in [2.05, 4.69) is 174 Å². The third-order valence-corrected chi connectivity index (χ3v) is 10.3. The molecule has 5 nitrogen and oxygen atoms in total. The lowest BCUT2D eigenvalue weighted by Crippen LogP contribution is -2.13. The fourth-order valence-electron chi connectivity index (χ4n) is 7.98. The predicted octanol–water partition coefficient (Wildman–Crippen LogP) is 14.1. The average molecular weight is 694 g/mol. The van der Waals surface area contributed by atoms with Crippen LogP contribution in [0.4, 0.5) is 34.1 Å². The van der Waals surface area contributed by atoms with E-state index in [9.17, 15) is 0 Å². The molecule has 0 aliphatic rings. The highest BCUT2D eigenvalue weighted by Gasteiger charge is 2.24. The summed E-state index contributed by atoms with van der Waals surface area (Å²) >= 11 is 0. The Hall–Kier alpha value is -7.37. The molecule has 54 heavy (non-hydrogen) atoms. The molecular weight excluding hydrogens is 663 g/mol. The van der Waals surface area contributed by atoms with Gasteiger partial charge in [-0.25, -0.2) is 4.98 Å². The summed E-state index contributed by atoms with van der Waals surface area (Å²) in [5, 5.41) is 6.52. The molecule has 9 aromatic carbocycles. The van der Waals surface area contributed by atoms with E-state index < -0.39 is 0 Å². The van der Waals surface area contributed by atoms with Crippen molar-refractivity contribution >= 4 is 88.7 Å². The molecule has 5 heteroatoms. The summed E-state index contributed by atoms with van der Waals surface area (Å²) in [4.78, 5) is 9.90. The molecule has 0 spiro atoms. The number of oxazole rings is 1. The molecule has 0 saturated carbocycles. The highest BCUT2D eigenvalue weighted by atomic mass is 16.3. The van der Waals surface area contributed by atoms with Crippen LogP contribution >= 0.6 is 0 Å². The first-order valence-electron chi connectivity index (χ1n) is 18.1. The SMILES string of the molecule is c1ccc(N(c2ccccc2)c2cc(-c3nc4c5cccc6oc7cccc(c4o3)c7c65)cc(N(c3ccccc3)c3ccc4ccccc4c3)c2)cc1. The van der Waals surface area contributed by atoms with Crippen molar-refractivity contribution in [2.75, 3.05) is 9.80 Å². The number of hydrogen-bond donors (Lipinski definition) is 0. The van der Waals surface area contributed by atoms with Crippen molar-refractivity contribution in [3.8, 4) is 11.5 Å². The van der Waals surface area contributed by atoms with Crippen LogP contribution in [-0.2, 0) is 0 Å². The molecule has 2 aromatic heterocycles. The molecular formula is C49H31N3O2. The third-order valence-electron chi connectivity index (χ3n) is 10.3. The minimum absolute atomic E-state index is 0.548. The summed E-state index contributed by atoms with van der Waals surface area (Å²) in [7, 11) is 0. The van der Waals surface area contributed by atoms with Crippen molar-refractivity contribution in [1.29, 1.82) is 0 Å². The lowest BCUT2D eigenvalue weighted by atomic mass is 10.0. The van der Waals surface area contributed by atoms with Gasteiger partial charge in [0.1, 0.15) is 16.7 Å². The normalized spacial score (nSPS) is 11.7. The fourth-order valence-corrected chi connectivity index (χ4v) is 7.98. The van der Waals surface area contributed by atoms with Crippen LogP contribution in [0.25, 0.3) is 66.0 Å². The molecule has 254 valence electrons. The lowest BCUT2D eigenvalue weighted by Gasteiger charge is -2.30. The molecule has 0 fully saturated rings. The van der Waals surface area contributed by atoms with E-state index in [0.717, 1.165) is 83.5 Å². The number of anilines is 6. The molecule has 0 unspecified atom stereocenters. The van der Waals surface area contributed by atoms with E-state index in [-0.39, 0.29) is 0 Å². The summed E-state index contributed by atoms with van der Waals surface area (Å²) in [6, 6.07) is 65.6. The zero-order chi connectivity index (χ0) is 35.6. The second-order valence-electron chi connectivity index (χ2n) is 13.6. The molecule has 0 atom stereocenters. The number of para-hydroxylation sites is 3. The first-order chi connectivity index (χ1) is 26.8. The number of hydrogen-bond acceptors (Lipinski definition) is 5. The van der Waals surface area contributed by atoms with Crippen molar-refractivity contribution in [3.05, 3.63) is 188 Å². The maximum Gasteiger partial charge on any atom is 0.227 e. The molecule has 0 N–H and O–H groups in total. The van der Waals surface area contributed by atoms with Gasteiger partial charge in [0.2, 0.25) is 5.89 Å². The minimum Gasteiger partial charge on any atom is -0.456 e. The maximum atomic E-state index is 6.90. The molecule has 0 saturated heterocycles. The van der Waals surface area contributed by atoms with Gasteiger partial charge in [0.05, 0.1) is 0 Å². The summed E-state index contributed by atoms with van der Waals surface area (Å²) < 4.78 is 13.2. The smallest absolute Gasteiger partial charge is 0.227 e. The van der Waals surface area contributed by atoms with Gasteiger partial charge in [-0.1, -0.05) is 109 Å². The average Bonchev–Trinajstić information content (AvgIpc) is 3.86. The van der Waals surface area contributed by atoms with Crippen LogP contribution in [0.2, 0.25) is 0 Å². The lowest BCUT2D eigenvalue weighted by molar-refractivity contribution is 0.623. The highest BCUT2D eigenvalue weighted by Crippen LogP contribution is 2.46. The van der Waals surface area contributed by atoms with Crippen molar-refractivity contribution in [2.24, 2.45) is 0 Å². The van der Waals surface area contributed by atoms with Gasteiger partial charge in [-0.15, -0.1) is 0 Å². The van der Waals surface area contributed by atoms with Crippen LogP contribution in [0.1, 0.15) is 0 Å². The van der Waals surface area contributed by atoms with Gasteiger partial charge in [-0.2, -0.15) is 0 Å². The summed E-state index contributed by atoms with van der Waals surface area (Å²) in [5.41, 5.74) is 10.2. The summed E-state index contributed by atoms with van der Waals surface area (Å²) in [6.45, 7) is 0. The van der Waals surface area contributed by atoms with Crippen molar-refractivity contribution in [3.63, 3.8) is 0 Å². The Morgan fingerprint density at radius 3 is 1.54 bits per heavy atom. The van der Waals surface area contributed by atoms with Crippen LogP contribution in [-0.4, -0.2) is 4.98 Å². The van der Waals surface area contributed by atoms with Crippen molar-refractivity contribution in [1.82, 2.24) is 4.98 Å². The van der Waals surface area contributed by atoms with Gasteiger partial charge in [0, 0.05) is 61.2 Å². The molecule has 2 heterocycles. The number of nitrogens with zero attached hydrogens (tertiary/aromatic N) is 3. The van der Waals surface area contributed by atoms with Gasteiger partial charge < -0.3 is 18.6 Å². The quantitative estimate of drug-likeness (QED) is 0.156.